The highest BCUT2D eigenvalue weighted by Crippen LogP contribution is 2.29. The molecule has 0 radical (unpaired) electrons. The number of amides is 2. The molecule has 3 aliphatic heterocycles. The molecule has 0 N–H and O–H groups in total. The molecule has 2 amide bonds. The second-order valence-electron chi connectivity index (χ2n) is 10.6. The first-order chi connectivity index (χ1) is 16.8. The van der Waals surface area contributed by atoms with Gasteiger partial charge in [-0.05, 0) is 45.4 Å². The van der Waals surface area contributed by atoms with Crippen molar-refractivity contribution in [3.05, 3.63) is 36.4 Å². The summed E-state index contributed by atoms with van der Waals surface area (Å²) in [5.41, 5.74) is 0.419. The second-order valence-corrected chi connectivity index (χ2v) is 11.6. The SMILES string of the molecule is CC(C)(C)OC(=O)N1C[C@@H](N2CCN(c3ccc4ccccc4n3)CC2)C[C@H]1C(=O)N1CCSC1. The normalized spacial score (nSPS) is 23.8. The number of pyridine rings is 1. The first kappa shape index (κ1) is 24.2. The van der Waals surface area contributed by atoms with Gasteiger partial charge in [-0.3, -0.25) is 14.6 Å². The highest BCUT2D eigenvalue weighted by atomic mass is 32.2. The van der Waals surface area contributed by atoms with Gasteiger partial charge in [0.05, 0.1) is 11.4 Å². The van der Waals surface area contributed by atoms with Gasteiger partial charge in [0.1, 0.15) is 17.5 Å². The van der Waals surface area contributed by atoms with Gasteiger partial charge in [-0.1, -0.05) is 18.2 Å². The van der Waals surface area contributed by atoms with Gasteiger partial charge in [-0.15, -0.1) is 11.8 Å². The Kier molecular flexibility index (Phi) is 6.81. The third-order valence-electron chi connectivity index (χ3n) is 6.99. The molecule has 0 saturated carbocycles. The van der Waals surface area contributed by atoms with Crippen LogP contribution in [0.25, 0.3) is 10.9 Å². The lowest BCUT2D eigenvalue weighted by Crippen LogP contribution is -2.51. The molecule has 9 heteroatoms. The number of hydrogen-bond donors (Lipinski definition) is 0. The van der Waals surface area contributed by atoms with Gasteiger partial charge in [-0.2, -0.15) is 0 Å². The maximum Gasteiger partial charge on any atom is 0.411 e. The lowest BCUT2D eigenvalue weighted by molar-refractivity contribution is -0.134. The highest BCUT2D eigenvalue weighted by molar-refractivity contribution is 7.99. The first-order valence-corrected chi connectivity index (χ1v) is 13.6. The quantitative estimate of drug-likeness (QED) is 0.645. The van der Waals surface area contributed by atoms with Crippen LogP contribution in [0.4, 0.5) is 10.6 Å². The zero-order valence-electron chi connectivity index (χ0n) is 20.9. The smallest absolute Gasteiger partial charge is 0.411 e. The van der Waals surface area contributed by atoms with Crippen molar-refractivity contribution in [3.8, 4) is 0 Å². The van der Waals surface area contributed by atoms with Gasteiger partial charge < -0.3 is 14.5 Å². The van der Waals surface area contributed by atoms with E-state index in [1.807, 2.05) is 37.8 Å². The lowest BCUT2D eigenvalue weighted by Gasteiger charge is -2.38. The first-order valence-electron chi connectivity index (χ1n) is 12.5. The molecule has 0 unspecified atom stereocenters. The fourth-order valence-electron chi connectivity index (χ4n) is 5.18. The maximum atomic E-state index is 13.3. The van der Waals surface area contributed by atoms with E-state index >= 15 is 0 Å². The van der Waals surface area contributed by atoms with Crippen LogP contribution in [0, 0.1) is 0 Å². The Labute approximate surface area is 211 Å². The van der Waals surface area contributed by atoms with E-state index in [4.69, 9.17) is 9.72 Å². The molecular formula is C26H35N5O3S. The molecule has 4 heterocycles. The number of carbonyl (C=O) groups is 2. The van der Waals surface area contributed by atoms with Crippen LogP contribution in [0.2, 0.25) is 0 Å². The molecule has 3 fully saturated rings. The maximum absolute atomic E-state index is 13.3. The Morgan fingerprint density at radius 2 is 1.80 bits per heavy atom. The predicted molar refractivity (Wildman–Crippen MR) is 140 cm³/mol. The van der Waals surface area contributed by atoms with Crippen LogP contribution in [0.15, 0.2) is 36.4 Å². The van der Waals surface area contributed by atoms with Crippen molar-refractivity contribution >= 4 is 40.5 Å². The zero-order valence-corrected chi connectivity index (χ0v) is 21.7. The summed E-state index contributed by atoms with van der Waals surface area (Å²) in [6, 6.07) is 12.1. The molecule has 8 nitrogen and oxygen atoms in total. The van der Waals surface area contributed by atoms with Gasteiger partial charge in [0.2, 0.25) is 5.91 Å². The zero-order chi connectivity index (χ0) is 24.6. The van der Waals surface area contributed by atoms with Crippen LogP contribution in [-0.2, 0) is 9.53 Å². The van der Waals surface area contributed by atoms with Crippen molar-refractivity contribution in [2.75, 3.05) is 55.8 Å². The molecule has 5 rings (SSSR count). The van der Waals surface area contributed by atoms with Crippen molar-refractivity contribution < 1.29 is 14.3 Å². The van der Waals surface area contributed by atoms with Gasteiger partial charge >= 0.3 is 6.09 Å². The number of carbonyl (C=O) groups excluding carboxylic acids is 2. The van der Waals surface area contributed by atoms with E-state index in [-0.39, 0.29) is 18.0 Å². The van der Waals surface area contributed by atoms with Crippen molar-refractivity contribution in [3.63, 3.8) is 0 Å². The van der Waals surface area contributed by atoms with Gasteiger partial charge in [0.15, 0.2) is 0 Å². The number of rotatable bonds is 3. The van der Waals surface area contributed by atoms with E-state index in [1.165, 1.54) is 0 Å². The number of fused-ring (bicyclic) bond motifs is 1. The summed E-state index contributed by atoms with van der Waals surface area (Å²) < 4.78 is 5.69. The summed E-state index contributed by atoms with van der Waals surface area (Å²) in [5, 5.41) is 1.15. The minimum Gasteiger partial charge on any atom is -0.444 e. The number of anilines is 1. The molecule has 0 aliphatic carbocycles. The van der Waals surface area contributed by atoms with E-state index < -0.39 is 11.6 Å². The molecule has 1 aromatic carbocycles. The summed E-state index contributed by atoms with van der Waals surface area (Å²) in [5.74, 6) is 2.73. The average molecular weight is 498 g/mol. The fraction of sp³-hybridized carbons (Fsp3) is 0.577. The topological polar surface area (TPSA) is 69.2 Å². The standard InChI is InChI=1S/C26H35N5O3S/c1-26(2,3)34-25(33)31-17-20(16-22(31)24(32)30-14-15-35-18-30)28-10-12-29(13-11-28)23-9-8-19-6-4-5-7-21(19)27-23/h4-9,20,22H,10-18H2,1-3H3/t20-,22-/m0/s1. The Morgan fingerprint density at radius 1 is 1.03 bits per heavy atom. The van der Waals surface area contributed by atoms with Crippen molar-refractivity contribution in [2.24, 2.45) is 0 Å². The monoisotopic (exact) mass is 497 g/mol. The molecule has 3 aliphatic rings. The average Bonchev–Trinajstić information content (AvgIpc) is 3.53. The molecule has 0 spiro atoms. The number of thioether (sulfide) groups is 1. The predicted octanol–water partition coefficient (Wildman–Crippen LogP) is 3.27. The minimum atomic E-state index is -0.593. The van der Waals surface area contributed by atoms with E-state index in [1.54, 1.807) is 16.7 Å². The summed E-state index contributed by atoms with van der Waals surface area (Å²) >= 11 is 1.77. The summed E-state index contributed by atoms with van der Waals surface area (Å²) in [7, 11) is 0. The van der Waals surface area contributed by atoms with Crippen LogP contribution in [-0.4, -0.2) is 100 Å². The molecule has 2 aromatic rings. The molecule has 0 bridgehead atoms. The summed E-state index contributed by atoms with van der Waals surface area (Å²) in [4.78, 5) is 39.6. The molecule has 3 saturated heterocycles. The van der Waals surface area contributed by atoms with Gasteiger partial charge in [0, 0.05) is 56.4 Å². The Hall–Kier alpha value is -2.52. The van der Waals surface area contributed by atoms with Crippen LogP contribution >= 0.6 is 11.8 Å². The van der Waals surface area contributed by atoms with E-state index in [9.17, 15) is 9.59 Å². The molecule has 188 valence electrons. The van der Waals surface area contributed by atoms with Crippen LogP contribution in [0.3, 0.4) is 0 Å². The van der Waals surface area contributed by atoms with E-state index in [0.717, 1.165) is 55.2 Å². The number of benzene rings is 1. The van der Waals surface area contributed by atoms with E-state index in [2.05, 4.69) is 34.1 Å². The number of likely N-dealkylation sites (tertiary alicyclic amines) is 1. The second kappa shape index (κ2) is 9.85. The molecular weight excluding hydrogens is 462 g/mol. The highest BCUT2D eigenvalue weighted by Gasteiger charge is 2.45. The van der Waals surface area contributed by atoms with Gasteiger partial charge in [-0.25, -0.2) is 9.78 Å². The third kappa shape index (κ3) is 5.35. The fourth-order valence-corrected chi connectivity index (χ4v) is 6.14. The van der Waals surface area contributed by atoms with Crippen molar-refractivity contribution in [1.29, 1.82) is 0 Å². The molecule has 35 heavy (non-hydrogen) atoms. The summed E-state index contributed by atoms with van der Waals surface area (Å²) in [6.07, 6.45) is 0.275. The van der Waals surface area contributed by atoms with Crippen molar-refractivity contribution in [1.82, 2.24) is 19.7 Å². The van der Waals surface area contributed by atoms with Crippen LogP contribution in [0.5, 0.6) is 0 Å². The Balaban J connectivity index is 1.26. The van der Waals surface area contributed by atoms with E-state index in [0.29, 0.717) is 18.8 Å². The molecule has 2 atom stereocenters. The van der Waals surface area contributed by atoms with Crippen molar-refractivity contribution in [2.45, 2.75) is 44.9 Å². The lowest BCUT2D eigenvalue weighted by atomic mass is 10.1. The Bertz CT molecular complexity index is 1080. The van der Waals surface area contributed by atoms with Crippen LogP contribution in [0.1, 0.15) is 27.2 Å². The summed E-state index contributed by atoms with van der Waals surface area (Å²) in [6.45, 7) is 10.4. The number of hydrogen-bond acceptors (Lipinski definition) is 7. The number of ether oxygens (including phenoxy) is 1. The molecule has 1 aromatic heterocycles. The number of nitrogens with zero attached hydrogens (tertiary/aromatic N) is 5. The number of piperazine rings is 1. The minimum absolute atomic E-state index is 0.0577. The number of aromatic nitrogens is 1. The van der Waals surface area contributed by atoms with Crippen LogP contribution < -0.4 is 4.90 Å². The Morgan fingerprint density at radius 3 is 2.51 bits per heavy atom. The van der Waals surface area contributed by atoms with Gasteiger partial charge in [0.25, 0.3) is 0 Å². The number of para-hydroxylation sites is 1. The third-order valence-corrected chi connectivity index (χ3v) is 7.96. The largest absolute Gasteiger partial charge is 0.444 e.